The van der Waals surface area contributed by atoms with Gasteiger partial charge in [-0.2, -0.15) is 0 Å². The summed E-state index contributed by atoms with van der Waals surface area (Å²) in [5.41, 5.74) is 2.85. The van der Waals surface area contributed by atoms with Crippen LogP contribution < -0.4 is 11.3 Å². The number of nitrogens with zero attached hydrogens (tertiary/aromatic N) is 1. The Morgan fingerprint density at radius 2 is 1.72 bits per heavy atom. The van der Waals surface area contributed by atoms with Gasteiger partial charge < -0.3 is 0 Å². The summed E-state index contributed by atoms with van der Waals surface area (Å²) in [4.78, 5) is 36.0. The van der Waals surface area contributed by atoms with Crippen LogP contribution in [0, 0.1) is 0 Å². The average Bonchev–Trinajstić information content (AvgIpc) is 2.64. The number of hydrogen-bond acceptors (Lipinski definition) is 4. The van der Waals surface area contributed by atoms with Crippen LogP contribution in [0.3, 0.4) is 0 Å². The van der Waals surface area contributed by atoms with Crippen molar-refractivity contribution in [3.05, 3.63) is 35.4 Å². The third-order valence-electron chi connectivity index (χ3n) is 2.82. The molecule has 6 nitrogen and oxygen atoms in total. The molecule has 0 fully saturated rings. The van der Waals surface area contributed by atoms with Gasteiger partial charge >= 0.3 is 0 Å². The van der Waals surface area contributed by atoms with Crippen LogP contribution in [0.4, 0.5) is 0 Å². The maximum Gasteiger partial charge on any atom is 0.261 e. The lowest BCUT2D eigenvalue weighted by Gasteiger charge is -2.12. The number of imide groups is 1. The molecule has 0 aliphatic carbocycles. The first-order valence-electron chi connectivity index (χ1n) is 5.60. The normalized spacial score (nSPS) is 13.7. The predicted octanol–water partition coefficient (Wildman–Crippen LogP) is 0.0527. The van der Waals surface area contributed by atoms with Gasteiger partial charge in [0.05, 0.1) is 11.1 Å². The molecule has 0 unspecified atom stereocenters. The van der Waals surface area contributed by atoms with Crippen LogP contribution in [0.5, 0.6) is 0 Å². The number of carbonyl (C=O) groups excluding carboxylic acids is 3. The van der Waals surface area contributed by atoms with Crippen molar-refractivity contribution < 1.29 is 14.4 Å². The van der Waals surface area contributed by atoms with Crippen molar-refractivity contribution in [1.82, 2.24) is 10.3 Å². The van der Waals surface area contributed by atoms with Gasteiger partial charge in [0.25, 0.3) is 11.8 Å². The van der Waals surface area contributed by atoms with Crippen LogP contribution in [-0.2, 0) is 4.79 Å². The van der Waals surface area contributed by atoms with Crippen molar-refractivity contribution in [3.8, 4) is 0 Å². The number of carbonyl (C=O) groups is 3. The molecule has 1 aromatic carbocycles. The molecule has 0 aromatic heterocycles. The quantitative estimate of drug-likeness (QED) is 0.340. The second kappa shape index (κ2) is 4.97. The fraction of sp³-hybridized carbons (Fsp3) is 0.250. The monoisotopic (exact) mass is 247 g/mol. The number of benzene rings is 1. The van der Waals surface area contributed by atoms with E-state index in [4.69, 9.17) is 5.84 Å². The summed E-state index contributed by atoms with van der Waals surface area (Å²) >= 11 is 0. The second-order valence-electron chi connectivity index (χ2n) is 3.98. The molecule has 0 radical (unpaired) electrons. The molecule has 1 aromatic rings. The number of amides is 3. The zero-order valence-electron chi connectivity index (χ0n) is 9.68. The summed E-state index contributed by atoms with van der Waals surface area (Å²) in [6.45, 7) is 0.222. The first-order valence-corrected chi connectivity index (χ1v) is 5.60. The smallest absolute Gasteiger partial charge is 0.261 e. The first-order chi connectivity index (χ1) is 8.65. The van der Waals surface area contributed by atoms with Gasteiger partial charge in [0.15, 0.2) is 0 Å². The van der Waals surface area contributed by atoms with E-state index in [1.807, 2.05) is 5.43 Å². The van der Waals surface area contributed by atoms with Crippen molar-refractivity contribution in [2.24, 2.45) is 5.84 Å². The van der Waals surface area contributed by atoms with E-state index in [9.17, 15) is 14.4 Å². The zero-order chi connectivity index (χ0) is 13.1. The minimum atomic E-state index is -0.313. The third kappa shape index (κ3) is 2.10. The van der Waals surface area contributed by atoms with Crippen LogP contribution in [0.15, 0.2) is 24.3 Å². The standard InChI is InChI=1S/C12H13N3O3/c13-14-10(16)6-3-7-15-11(17)8-4-1-2-5-9(8)12(15)18/h1-2,4-5H,3,6-7,13H2,(H,14,16). The first kappa shape index (κ1) is 12.3. The molecule has 0 bridgehead atoms. The minimum absolute atomic E-state index is 0.184. The molecule has 3 amide bonds. The number of hydrazine groups is 1. The zero-order valence-corrected chi connectivity index (χ0v) is 9.68. The maximum absolute atomic E-state index is 11.9. The van der Waals surface area contributed by atoms with Gasteiger partial charge in [0.1, 0.15) is 0 Å². The van der Waals surface area contributed by atoms with Gasteiger partial charge in [-0.15, -0.1) is 0 Å². The summed E-state index contributed by atoms with van der Waals surface area (Å²) in [5, 5.41) is 0. The molecule has 0 saturated heterocycles. The topological polar surface area (TPSA) is 92.5 Å². The van der Waals surface area contributed by atoms with E-state index < -0.39 is 0 Å². The molecule has 1 aliphatic rings. The highest BCUT2D eigenvalue weighted by Crippen LogP contribution is 2.22. The highest BCUT2D eigenvalue weighted by Gasteiger charge is 2.34. The second-order valence-corrected chi connectivity index (χ2v) is 3.98. The van der Waals surface area contributed by atoms with Crippen LogP contribution >= 0.6 is 0 Å². The molecule has 0 spiro atoms. The highest BCUT2D eigenvalue weighted by atomic mass is 16.2. The van der Waals surface area contributed by atoms with Gasteiger partial charge in [-0.3, -0.25) is 24.7 Å². The lowest BCUT2D eigenvalue weighted by atomic mass is 10.1. The lowest BCUT2D eigenvalue weighted by molar-refractivity contribution is -0.121. The van der Waals surface area contributed by atoms with Gasteiger partial charge in [0.2, 0.25) is 5.91 Å². The van der Waals surface area contributed by atoms with Crippen LogP contribution in [0.25, 0.3) is 0 Å². The molecule has 18 heavy (non-hydrogen) atoms. The Bertz CT molecular complexity index is 478. The van der Waals surface area contributed by atoms with Gasteiger partial charge in [-0.05, 0) is 18.6 Å². The van der Waals surface area contributed by atoms with E-state index in [1.54, 1.807) is 24.3 Å². The number of nitrogens with two attached hydrogens (primary N) is 1. The third-order valence-corrected chi connectivity index (χ3v) is 2.82. The molecule has 94 valence electrons. The molecular formula is C12H13N3O3. The van der Waals surface area contributed by atoms with Gasteiger partial charge in [0, 0.05) is 13.0 Å². The van der Waals surface area contributed by atoms with Crippen LogP contribution in [-0.4, -0.2) is 29.2 Å². The molecule has 3 N–H and O–H groups in total. The Balaban J connectivity index is 2.03. The molecule has 6 heteroatoms. The Labute approximate surface area is 104 Å². The highest BCUT2D eigenvalue weighted by molar-refractivity contribution is 6.21. The summed E-state index contributed by atoms with van der Waals surface area (Å²) in [6, 6.07) is 6.69. The Hall–Kier alpha value is -2.21. The van der Waals surface area contributed by atoms with E-state index >= 15 is 0 Å². The predicted molar refractivity (Wildman–Crippen MR) is 63.4 cm³/mol. The van der Waals surface area contributed by atoms with E-state index in [1.165, 1.54) is 0 Å². The molecule has 1 heterocycles. The summed E-state index contributed by atoms with van der Waals surface area (Å²) in [5.74, 6) is 4.03. The minimum Gasteiger partial charge on any atom is -0.294 e. The van der Waals surface area contributed by atoms with Crippen molar-refractivity contribution in [3.63, 3.8) is 0 Å². The maximum atomic E-state index is 11.9. The summed E-state index contributed by atoms with van der Waals surface area (Å²) < 4.78 is 0. The largest absolute Gasteiger partial charge is 0.294 e. The average molecular weight is 247 g/mol. The van der Waals surface area contributed by atoms with Gasteiger partial charge in [-0.1, -0.05) is 12.1 Å². The fourth-order valence-electron chi connectivity index (χ4n) is 1.91. The van der Waals surface area contributed by atoms with Gasteiger partial charge in [-0.25, -0.2) is 5.84 Å². The molecule has 2 rings (SSSR count). The van der Waals surface area contributed by atoms with E-state index in [2.05, 4.69) is 0 Å². The fourth-order valence-corrected chi connectivity index (χ4v) is 1.91. The SMILES string of the molecule is NNC(=O)CCCN1C(=O)c2ccccc2C1=O. The van der Waals surface area contributed by atoms with Crippen LogP contribution in [0.1, 0.15) is 33.6 Å². The van der Waals surface area contributed by atoms with Crippen molar-refractivity contribution in [2.45, 2.75) is 12.8 Å². The van der Waals surface area contributed by atoms with Crippen LogP contribution in [0.2, 0.25) is 0 Å². The molecule has 1 aliphatic heterocycles. The lowest BCUT2D eigenvalue weighted by Crippen LogP contribution is -2.33. The Morgan fingerprint density at radius 1 is 1.17 bits per heavy atom. The molecular weight excluding hydrogens is 234 g/mol. The Morgan fingerprint density at radius 3 is 2.22 bits per heavy atom. The number of rotatable bonds is 4. The van der Waals surface area contributed by atoms with E-state index in [0.717, 1.165) is 4.90 Å². The summed E-state index contributed by atoms with van der Waals surface area (Å²) in [7, 11) is 0. The Kier molecular flexibility index (Phi) is 3.38. The van der Waals surface area contributed by atoms with Crippen molar-refractivity contribution >= 4 is 17.7 Å². The number of hydrogen-bond donors (Lipinski definition) is 2. The number of nitrogens with one attached hydrogen (secondary N) is 1. The van der Waals surface area contributed by atoms with Crippen molar-refractivity contribution in [2.75, 3.05) is 6.54 Å². The number of fused-ring (bicyclic) bond motifs is 1. The molecule has 0 saturated carbocycles. The van der Waals surface area contributed by atoms with Crippen molar-refractivity contribution in [1.29, 1.82) is 0 Å². The van der Waals surface area contributed by atoms with E-state index in [0.29, 0.717) is 17.5 Å². The summed E-state index contributed by atoms with van der Waals surface area (Å²) in [6.07, 6.45) is 0.582. The van der Waals surface area contributed by atoms with E-state index in [-0.39, 0.29) is 30.7 Å². The molecule has 0 atom stereocenters.